The second kappa shape index (κ2) is 14.0. The molecule has 6 heteroatoms. The average Bonchev–Trinajstić information content (AvgIpc) is 3.29. The number of nitrogens with one attached hydrogen (secondary N) is 3. The van der Waals surface area contributed by atoms with Crippen molar-refractivity contribution in [1.29, 1.82) is 0 Å². The van der Waals surface area contributed by atoms with E-state index >= 15 is 0 Å². The molecule has 2 heterocycles. The van der Waals surface area contributed by atoms with E-state index in [0.717, 1.165) is 25.3 Å². The summed E-state index contributed by atoms with van der Waals surface area (Å²) in [5.74, 6) is 0.992. The minimum absolute atomic E-state index is 0.0374. The van der Waals surface area contributed by atoms with Crippen molar-refractivity contribution >= 4 is 11.8 Å². The first-order valence-electron chi connectivity index (χ1n) is 9.66. The zero-order chi connectivity index (χ0) is 20.0. The lowest BCUT2D eigenvalue weighted by molar-refractivity contribution is 0.123. The number of allylic oxidation sites excluding steroid dienone is 2. The van der Waals surface area contributed by atoms with Crippen LogP contribution in [-0.2, 0) is 9.47 Å². The van der Waals surface area contributed by atoms with Crippen molar-refractivity contribution in [2.24, 2.45) is 5.41 Å². The van der Waals surface area contributed by atoms with E-state index < -0.39 is 0 Å². The van der Waals surface area contributed by atoms with Gasteiger partial charge in [0.15, 0.2) is 6.23 Å². The van der Waals surface area contributed by atoms with Crippen molar-refractivity contribution in [1.82, 2.24) is 16.0 Å². The van der Waals surface area contributed by atoms with Gasteiger partial charge in [-0.1, -0.05) is 60.2 Å². The van der Waals surface area contributed by atoms with E-state index in [4.69, 9.17) is 9.47 Å². The van der Waals surface area contributed by atoms with Crippen LogP contribution in [0.5, 0.6) is 0 Å². The largest absolute Gasteiger partial charge is 0.469 e. The lowest BCUT2D eigenvalue weighted by Crippen LogP contribution is -2.34. The molecule has 0 radical (unpaired) electrons. The molecule has 2 aliphatic heterocycles. The molecule has 0 spiro atoms. The van der Waals surface area contributed by atoms with Crippen LogP contribution in [0.2, 0.25) is 0 Å². The quantitative estimate of drug-likeness (QED) is 0.560. The number of methoxy groups -OCH3 is 1. The van der Waals surface area contributed by atoms with Crippen LogP contribution < -0.4 is 16.0 Å². The van der Waals surface area contributed by atoms with Gasteiger partial charge in [-0.15, -0.1) is 0 Å². The number of hydrogen-bond donors (Lipinski definition) is 3. The Labute approximate surface area is 165 Å². The Bertz CT molecular complexity index is 456. The van der Waals surface area contributed by atoms with E-state index in [9.17, 15) is 0 Å². The van der Waals surface area contributed by atoms with Gasteiger partial charge in [0, 0.05) is 36.4 Å². The average molecular weight is 386 g/mol. The zero-order valence-corrected chi connectivity index (χ0v) is 18.6. The van der Waals surface area contributed by atoms with Crippen LogP contribution in [0.3, 0.4) is 0 Å². The summed E-state index contributed by atoms with van der Waals surface area (Å²) in [6.45, 7) is 16.2. The van der Waals surface area contributed by atoms with Gasteiger partial charge in [0.1, 0.15) is 11.3 Å². The maximum absolute atomic E-state index is 5.88. The second-order valence-electron chi connectivity index (χ2n) is 6.33. The minimum atomic E-state index is -0.0792. The predicted octanol–water partition coefficient (Wildman–Crippen LogP) is 4.52. The molecule has 0 aromatic heterocycles. The molecule has 0 aromatic rings. The summed E-state index contributed by atoms with van der Waals surface area (Å²) >= 11 is 1.77. The Morgan fingerprint density at radius 1 is 1.19 bits per heavy atom. The maximum Gasteiger partial charge on any atom is 0.189 e. The molecule has 0 amide bonds. The van der Waals surface area contributed by atoms with Gasteiger partial charge in [-0.2, -0.15) is 0 Å². The molecule has 2 rings (SSSR count). The highest BCUT2D eigenvalue weighted by atomic mass is 32.2. The molecule has 0 aliphatic carbocycles. The molecule has 2 unspecified atom stereocenters. The molecule has 0 bridgehead atoms. The molecule has 2 aliphatic rings. The topological polar surface area (TPSA) is 54.5 Å². The highest BCUT2D eigenvalue weighted by Crippen LogP contribution is 2.30. The van der Waals surface area contributed by atoms with Gasteiger partial charge in [-0.05, 0) is 25.1 Å². The van der Waals surface area contributed by atoms with Gasteiger partial charge in [0.2, 0.25) is 0 Å². The van der Waals surface area contributed by atoms with Crippen LogP contribution in [0.4, 0.5) is 0 Å². The Morgan fingerprint density at radius 2 is 1.88 bits per heavy atom. The number of thioether (sulfide) groups is 1. The van der Waals surface area contributed by atoms with E-state index in [1.54, 1.807) is 18.9 Å². The summed E-state index contributed by atoms with van der Waals surface area (Å²) in [7, 11) is 1.73. The van der Waals surface area contributed by atoms with E-state index in [-0.39, 0.29) is 17.1 Å². The number of rotatable bonds is 7. The predicted molar refractivity (Wildman–Crippen MR) is 114 cm³/mol. The standard InChI is InChI=1S/C16H27N3O2S.2C2H6/c1-16(2,3)13-11-18-14(21-13)7-6-12-10-19-15(22-12)17-8-5-9-20-4;2*1-2/h6-7,10-11,14-15,17-19H,5,8-9H2,1-4H3;2*1-2H3/b7-6+;;. The maximum atomic E-state index is 5.88. The highest BCUT2D eigenvalue weighted by Gasteiger charge is 2.25. The van der Waals surface area contributed by atoms with Gasteiger partial charge in [-0.25, -0.2) is 0 Å². The van der Waals surface area contributed by atoms with Crippen molar-refractivity contribution in [2.75, 3.05) is 20.3 Å². The number of hydrogen-bond acceptors (Lipinski definition) is 6. The van der Waals surface area contributed by atoms with Crippen LogP contribution in [0.25, 0.3) is 0 Å². The summed E-state index contributed by atoms with van der Waals surface area (Å²) in [6, 6.07) is 0. The third-order valence-electron chi connectivity index (χ3n) is 3.29. The van der Waals surface area contributed by atoms with Crippen molar-refractivity contribution < 1.29 is 9.47 Å². The lowest BCUT2D eigenvalue weighted by atomic mass is 9.95. The molecule has 152 valence electrons. The van der Waals surface area contributed by atoms with E-state index in [1.165, 1.54) is 4.91 Å². The fourth-order valence-electron chi connectivity index (χ4n) is 2.03. The van der Waals surface area contributed by atoms with E-state index in [0.29, 0.717) is 0 Å². The van der Waals surface area contributed by atoms with Crippen LogP contribution in [0.1, 0.15) is 54.9 Å². The normalized spacial score (nSPS) is 21.4. The highest BCUT2D eigenvalue weighted by molar-refractivity contribution is 8.04. The Balaban J connectivity index is 0.00000146. The van der Waals surface area contributed by atoms with Crippen LogP contribution in [-0.4, -0.2) is 32.0 Å². The molecule has 0 fully saturated rings. The first-order chi connectivity index (χ1) is 12.5. The fraction of sp³-hybridized carbons (Fsp3) is 0.700. The summed E-state index contributed by atoms with van der Waals surface area (Å²) in [5, 5.41) is 9.98. The van der Waals surface area contributed by atoms with Crippen LogP contribution in [0.15, 0.2) is 35.2 Å². The monoisotopic (exact) mass is 385 g/mol. The molecule has 2 atom stereocenters. The van der Waals surface area contributed by atoms with Gasteiger partial charge in [0.25, 0.3) is 0 Å². The van der Waals surface area contributed by atoms with Crippen LogP contribution in [0, 0.1) is 5.41 Å². The number of ether oxygens (including phenoxy) is 2. The molecule has 26 heavy (non-hydrogen) atoms. The lowest BCUT2D eigenvalue weighted by Gasteiger charge is -2.20. The Morgan fingerprint density at radius 3 is 2.46 bits per heavy atom. The summed E-state index contributed by atoms with van der Waals surface area (Å²) in [6.07, 6.45) is 9.06. The van der Waals surface area contributed by atoms with Crippen molar-refractivity contribution in [3.63, 3.8) is 0 Å². The van der Waals surface area contributed by atoms with Gasteiger partial charge in [-0.3, -0.25) is 5.32 Å². The molecular weight excluding hydrogens is 346 g/mol. The third kappa shape index (κ3) is 9.55. The first kappa shape index (κ1) is 24.9. The minimum Gasteiger partial charge on any atom is -0.469 e. The molecule has 3 N–H and O–H groups in total. The SMILES string of the molecule is CC.CC.COCCCNC1NC=C(/C=C/C2NC=C(C(C)(C)C)O2)S1. The second-order valence-corrected chi connectivity index (χ2v) is 7.51. The first-order valence-corrected chi connectivity index (χ1v) is 10.5. The Hall–Kier alpha value is -1.11. The summed E-state index contributed by atoms with van der Waals surface area (Å²) < 4.78 is 10.9. The Kier molecular flexibility index (Phi) is 13.4. The van der Waals surface area contributed by atoms with Gasteiger partial charge < -0.3 is 20.1 Å². The summed E-state index contributed by atoms with van der Waals surface area (Å²) in [5.41, 5.74) is 0.271. The third-order valence-corrected chi connectivity index (χ3v) is 4.36. The molecule has 5 nitrogen and oxygen atoms in total. The van der Waals surface area contributed by atoms with Crippen molar-refractivity contribution in [3.05, 3.63) is 35.2 Å². The molecular formula is C20H39N3O2S. The molecule has 0 saturated carbocycles. The van der Waals surface area contributed by atoms with Gasteiger partial charge in [0.05, 0.1) is 0 Å². The van der Waals surface area contributed by atoms with Crippen LogP contribution >= 0.6 is 11.8 Å². The van der Waals surface area contributed by atoms with E-state index in [2.05, 4.69) is 42.8 Å². The zero-order valence-electron chi connectivity index (χ0n) is 17.8. The smallest absolute Gasteiger partial charge is 0.189 e. The molecule has 0 saturated heterocycles. The van der Waals surface area contributed by atoms with Gasteiger partial charge >= 0.3 is 0 Å². The molecule has 0 aromatic carbocycles. The van der Waals surface area contributed by atoms with E-state index in [1.807, 2.05) is 46.2 Å². The fourth-order valence-corrected chi connectivity index (χ4v) is 2.94. The van der Waals surface area contributed by atoms with Crippen molar-refractivity contribution in [2.45, 2.75) is 66.6 Å². The summed E-state index contributed by atoms with van der Waals surface area (Å²) in [4.78, 5) is 1.19. The van der Waals surface area contributed by atoms with Crippen molar-refractivity contribution in [3.8, 4) is 0 Å².